The van der Waals surface area contributed by atoms with Crippen LogP contribution in [0.1, 0.15) is 18.4 Å². The summed E-state index contributed by atoms with van der Waals surface area (Å²) in [6.07, 6.45) is 1.83. The first kappa shape index (κ1) is 29.7. The van der Waals surface area contributed by atoms with Crippen LogP contribution in [-0.2, 0) is 6.54 Å². The molecule has 1 aromatic rings. The second-order valence-corrected chi connectivity index (χ2v) is 9.03. The zero-order chi connectivity index (χ0) is 22.2. The van der Waals surface area contributed by atoms with Gasteiger partial charge in [0.1, 0.15) is 18.5 Å². The Kier molecular flexibility index (Phi) is 13.4. The number of likely N-dealkylation sites (tertiary alicyclic amines) is 1. The number of halogens is 2. The highest BCUT2D eigenvalue weighted by atomic mass is 35.5. The lowest BCUT2D eigenvalue weighted by Crippen LogP contribution is -2.53. The standard InChI is InChI=1S/C23H39N5O3.2ClH/c1-25(2)23(30)28-13-11-27(12-14-28)17-21(29)18-31-22-5-3-20(4-6-22)16-26-9-7-19(15-24)8-10-26;;/h3-6,19,21,29H,7-18,24H2,1-2H3;2*1H. The van der Waals surface area contributed by atoms with Gasteiger partial charge >= 0.3 is 6.03 Å². The molecule has 0 saturated carbocycles. The summed E-state index contributed by atoms with van der Waals surface area (Å²) in [5.74, 6) is 1.47. The predicted octanol–water partition coefficient (Wildman–Crippen LogP) is 1.74. The number of ether oxygens (including phenoxy) is 1. The molecule has 2 aliphatic rings. The molecule has 1 unspecified atom stereocenters. The van der Waals surface area contributed by atoms with Crippen LogP contribution in [0.15, 0.2) is 24.3 Å². The Balaban J connectivity index is 0.00000272. The van der Waals surface area contributed by atoms with Crippen LogP contribution in [0.3, 0.4) is 0 Å². The van der Waals surface area contributed by atoms with Crippen molar-refractivity contribution in [1.82, 2.24) is 19.6 Å². The van der Waals surface area contributed by atoms with Crippen LogP contribution in [0, 0.1) is 5.92 Å². The number of nitrogens with zero attached hydrogens (tertiary/aromatic N) is 4. The number of hydrogen-bond acceptors (Lipinski definition) is 6. The average Bonchev–Trinajstić information content (AvgIpc) is 2.79. The van der Waals surface area contributed by atoms with Crippen LogP contribution in [0.5, 0.6) is 5.75 Å². The van der Waals surface area contributed by atoms with Gasteiger partial charge < -0.3 is 25.4 Å². The minimum atomic E-state index is -0.556. The van der Waals surface area contributed by atoms with Crippen molar-refractivity contribution in [2.24, 2.45) is 11.7 Å². The topological polar surface area (TPSA) is 85.5 Å². The first-order valence-corrected chi connectivity index (χ1v) is 11.5. The van der Waals surface area contributed by atoms with E-state index in [9.17, 15) is 9.90 Å². The molecule has 0 spiro atoms. The molecule has 33 heavy (non-hydrogen) atoms. The van der Waals surface area contributed by atoms with E-state index in [1.165, 1.54) is 18.4 Å². The molecule has 0 radical (unpaired) electrons. The van der Waals surface area contributed by atoms with Gasteiger partial charge in [-0.3, -0.25) is 9.80 Å². The largest absolute Gasteiger partial charge is 0.491 e. The van der Waals surface area contributed by atoms with Gasteiger partial charge in [0.15, 0.2) is 0 Å². The SMILES string of the molecule is CN(C)C(=O)N1CCN(CC(O)COc2ccc(CN3CCC(CN)CC3)cc2)CC1.Cl.Cl. The number of benzene rings is 1. The number of carbonyl (C=O) groups is 1. The molecule has 10 heteroatoms. The highest BCUT2D eigenvalue weighted by molar-refractivity contribution is 5.85. The highest BCUT2D eigenvalue weighted by Crippen LogP contribution is 2.19. The molecule has 0 bridgehead atoms. The van der Waals surface area contributed by atoms with Crippen LogP contribution in [0.25, 0.3) is 0 Å². The molecule has 2 fully saturated rings. The first-order valence-electron chi connectivity index (χ1n) is 11.5. The zero-order valence-corrected chi connectivity index (χ0v) is 21.5. The monoisotopic (exact) mass is 505 g/mol. The number of piperidine rings is 1. The Labute approximate surface area is 210 Å². The third kappa shape index (κ3) is 9.47. The van der Waals surface area contributed by atoms with E-state index in [0.29, 0.717) is 25.6 Å². The van der Waals surface area contributed by atoms with E-state index in [0.717, 1.165) is 45.0 Å². The summed E-state index contributed by atoms with van der Waals surface area (Å²) in [4.78, 5) is 20.1. The van der Waals surface area contributed by atoms with E-state index < -0.39 is 6.10 Å². The molecule has 0 aromatic heterocycles. The van der Waals surface area contributed by atoms with Crippen LogP contribution in [-0.4, -0.2) is 110 Å². The van der Waals surface area contributed by atoms with Crippen LogP contribution in [0.2, 0.25) is 0 Å². The lowest BCUT2D eigenvalue weighted by atomic mass is 9.97. The maximum atomic E-state index is 12.0. The number of carbonyl (C=O) groups excluding carboxylic acids is 1. The number of piperazine rings is 1. The number of amides is 2. The van der Waals surface area contributed by atoms with E-state index in [1.807, 2.05) is 17.0 Å². The van der Waals surface area contributed by atoms with Gasteiger partial charge in [-0.05, 0) is 56.1 Å². The molecule has 2 saturated heterocycles. The van der Waals surface area contributed by atoms with Gasteiger partial charge in [0, 0.05) is 53.4 Å². The molecule has 2 amide bonds. The molecule has 190 valence electrons. The van der Waals surface area contributed by atoms with Crippen molar-refractivity contribution in [2.45, 2.75) is 25.5 Å². The number of nitrogens with two attached hydrogens (primary N) is 1. The van der Waals surface area contributed by atoms with Crippen molar-refractivity contribution in [2.75, 3.05) is 73.1 Å². The maximum Gasteiger partial charge on any atom is 0.319 e. The summed E-state index contributed by atoms with van der Waals surface area (Å²) < 4.78 is 5.80. The third-order valence-electron chi connectivity index (χ3n) is 6.31. The number of β-amino-alcohol motifs (C(OH)–C–C–N with tert-alkyl or cyclic N) is 1. The van der Waals surface area contributed by atoms with Gasteiger partial charge in [-0.1, -0.05) is 12.1 Å². The van der Waals surface area contributed by atoms with Crippen LogP contribution < -0.4 is 10.5 Å². The number of aliphatic hydroxyl groups excluding tert-OH is 1. The second-order valence-electron chi connectivity index (χ2n) is 9.03. The third-order valence-corrected chi connectivity index (χ3v) is 6.31. The molecular formula is C23H41Cl2N5O3. The van der Waals surface area contributed by atoms with E-state index in [4.69, 9.17) is 10.5 Å². The van der Waals surface area contributed by atoms with Gasteiger partial charge in [-0.2, -0.15) is 0 Å². The smallest absolute Gasteiger partial charge is 0.319 e. The van der Waals surface area contributed by atoms with Crippen molar-refractivity contribution < 1.29 is 14.6 Å². The lowest BCUT2D eigenvalue weighted by Gasteiger charge is -2.36. The summed E-state index contributed by atoms with van der Waals surface area (Å²) in [6, 6.07) is 8.24. The summed E-state index contributed by atoms with van der Waals surface area (Å²) in [5, 5.41) is 10.4. The van der Waals surface area contributed by atoms with Crippen molar-refractivity contribution in [3.63, 3.8) is 0 Å². The average molecular weight is 507 g/mol. The second kappa shape index (κ2) is 14.9. The van der Waals surface area contributed by atoms with Gasteiger partial charge in [-0.15, -0.1) is 24.8 Å². The van der Waals surface area contributed by atoms with Gasteiger partial charge in [0.05, 0.1) is 0 Å². The molecule has 2 heterocycles. The summed E-state index contributed by atoms with van der Waals surface area (Å²) in [6.45, 7) is 7.74. The van der Waals surface area contributed by atoms with Crippen molar-refractivity contribution in [1.29, 1.82) is 0 Å². The fourth-order valence-electron chi connectivity index (χ4n) is 4.28. The Hall–Kier alpha value is -1.29. The molecular weight excluding hydrogens is 465 g/mol. The molecule has 3 rings (SSSR count). The Bertz CT molecular complexity index is 679. The van der Waals surface area contributed by atoms with Gasteiger partial charge in [0.2, 0.25) is 0 Å². The molecule has 1 aromatic carbocycles. The number of urea groups is 1. The molecule has 1 atom stereocenters. The normalized spacial score (nSPS) is 18.7. The molecule has 2 aliphatic heterocycles. The maximum absolute atomic E-state index is 12.0. The van der Waals surface area contributed by atoms with E-state index in [2.05, 4.69) is 21.9 Å². The quantitative estimate of drug-likeness (QED) is 0.559. The van der Waals surface area contributed by atoms with Gasteiger partial charge in [0.25, 0.3) is 0 Å². The highest BCUT2D eigenvalue weighted by Gasteiger charge is 2.23. The summed E-state index contributed by atoms with van der Waals surface area (Å²) in [7, 11) is 3.54. The van der Waals surface area contributed by atoms with E-state index in [-0.39, 0.29) is 37.5 Å². The Morgan fingerprint density at radius 3 is 2.21 bits per heavy atom. The minimum Gasteiger partial charge on any atom is -0.491 e. The fraction of sp³-hybridized carbons (Fsp3) is 0.696. The zero-order valence-electron chi connectivity index (χ0n) is 19.9. The van der Waals surface area contributed by atoms with Crippen LogP contribution in [0.4, 0.5) is 4.79 Å². The minimum absolute atomic E-state index is 0. The molecule has 3 N–H and O–H groups in total. The summed E-state index contributed by atoms with van der Waals surface area (Å²) >= 11 is 0. The van der Waals surface area contributed by atoms with E-state index in [1.54, 1.807) is 19.0 Å². The van der Waals surface area contributed by atoms with Crippen molar-refractivity contribution >= 4 is 30.8 Å². The number of rotatable bonds is 8. The van der Waals surface area contributed by atoms with Crippen LogP contribution >= 0.6 is 24.8 Å². The first-order chi connectivity index (χ1) is 14.9. The Morgan fingerprint density at radius 1 is 1.06 bits per heavy atom. The number of aliphatic hydroxyl groups is 1. The molecule has 0 aliphatic carbocycles. The lowest BCUT2D eigenvalue weighted by molar-refractivity contribution is 0.0494. The summed E-state index contributed by atoms with van der Waals surface area (Å²) in [5.41, 5.74) is 7.06. The molecule has 8 nitrogen and oxygen atoms in total. The van der Waals surface area contributed by atoms with Gasteiger partial charge in [-0.25, -0.2) is 4.79 Å². The number of hydrogen-bond donors (Lipinski definition) is 2. The Morgan fingerprint density at radius 2 is 1.67 bits per heavy atom. The van der Waals surface area contributed by atoms with Crippen molar-refractivity contribution in [3.8, 4) is 5.75 Å². The van der Waals surface area contributed by atoms with E-state index >= 15 is 0 Å². The van der Waals surface area contributed by atoms with Crippen molar-refractivity contribution in [3.05, 3.63) is 29.8 Å². The predicted molar refractivity (Wildman–Crippen MR) is 137 cm³/mol. The fourth-order valence-corrected chi connectivity index (χ4v) is 4.28.